The van der Waals surface area contributed by atoms with Crippen LogP contribution in [0.15, 0.2) is 76.5 Å². The normalized spacial score (nSPS) is 15.0. The lowest BCUT2D eigenvalue weighted by Crippen LogP contribution is -2.32. The first-order valence-electron chi connectivity index (χ1n) is 10.3. The van der Waals surface area contributed by atoms with Gasteiger partial charge in [0.15, 0.2) is 0 Å². The number of nitrogens with one attached hydrogen (secondary N) is 1. The molecule has 3 aromatic carbocycles. The highest BCUT2D eigenvalue weighted by Gasteiger charge is 2.38. The van der Waals surface area contributed by atoms with E-state index in [-0.39, 0.29) is 24.3 Å². The van der Waals surface area contributed by atoms with Gasteiger partial charge in [-0.15, -0.1) is 0 Å². The van der Waals surface area contributed by atoms with Crippen molar-refractivity contribution in [2.75, 3.05) is 17.3 Å². The van der Waals surface area contributed by atoms with E-state index < -0.39 is 0 Å². The second-order valence-electron chi connectivity index (χ2n) is 7.76. The van der Waals surface area contributed by atoms with Gasteiger partial charge in [0.1, 0.15) is 5.75 Å². The van der Waals surface area contributed by atoms with Crippen LogP contribution >= 0.6 is 11.8 Å². The third-order valence-corrected chi connectivity index (χ3v) is 6.62. The Hall–Kier alpha value is -3.25. The predicted octanol–water partition coefficient (Wildman–Crippen LogP) is 5.15. The van der Waals surface area contributed by atoms with Gasteiger partial charge in [0.25, 0.3) is 5.91 Å². The first-order chi connectivity index (χ1) is 15.1. The van der Waals surface area contributed by atoms with Crippen molar-refractivity contribution < 1.29 is 14.3 Å². The molecule has 0 atom stereocenters. The third kappa shape index (κ3) is 4.03. The van der Waals surface area contributed by atoms with Crippen molar-refractivity contribution in [3.05, 3.63) is 77.9 Å². The van der Waals surface area contributed by atoms with Crippen LogP contribution in [-0.2, 0) is 11.2 Å². The SMILES string of the molecule is COc1ccc(CC(=O)Nc2ccc3c(c2)Sc2ccccc2C(=O)N3C2CC2)cc1. The van der Waals surface area contributed by atoms with Crippen LogP contribution in [0, 0.1) is 0 Å². The van der Waals surface area contributed by atoms with Crippen LogP contribution in [0.5, 0.6) is 5.75 Å². The highest BCUT2D eigenvalue weighted by atomic mass is 32.2. The van der Waals surface area contributed by atoms with E-state index in [2.05, 4.69) is 5.32 Å². The minimum absolute atomic E-state index is 0.0561. The Balaban J connectivity index is 1.40. The van der Waals surface area contributed by atoms with Crippen LogP contribution in [0.2, 0.25) is 0 Å². The molecule has 5 rings (SSSR count). The maximum atomic E-state index is 13.2. The first-order valence-corrected chi connectivity index (χ1v) is 11.1. The molecule has 1 saturated carbocycles. The predicted molar refractivity (Wildman–Crippen MR) is 122 cm³/mol. The monoisotopic (exact) mass is 430 g/mol. The van der Waals surface area contributed by atoms with E-state index in [1.807, 2.05) is 71.6 Å². The van der Waals surface area contributed by atoms with Gasteiger partial charge in [-0.05, 0) is 60.9 Å². The van der Waals surface area contributed by atoms with E-state index in [9.17, 15) is 9.59 Å². The van der Waals surface area contributed by atoms with Gasteiger partial charge in [-0.25, -0.2) is 0 Å². The van der Waals surface area contributed by atoms with E-state index in [1.165, 1.54) is 0 Å². The number of ether oxygens (including phenoxy) is 1. The molecule has 1 heterocycles. The van der Waals surface area contributed by atoms with E-state index in [0.717, 1.165) is 50.9 Å². The Morgan fingerprint density at radius 3 is 2.58 bits per heavy atom. The van der Waals surface area contributed by atoms with E-state index >= 15 is 0 Å². The number of carbonyl (C=O) groups is 2. The van der Waals surface area contributed by atoms with Crippen molar-refractivity contribution >= 4 is 35.0 Å². The molecule has 2 aliphatic rings. The number of anilines is 2. The number of fused-ring (bicyclic) bond motifs is 2. The topological polar surface area (TPSA) is 58.6 Å². The molecule has 0 saturated heterocycles. The number of hydrogen-bond acceptors (Lipinski definition) is 4. The summed E-state index contributed by atoms with van der Waals surface area (Å²) in [5.41, 5.74) is 3.30. The highest BCUT2D eigenvalue weighted by Crippen LogP contribution is 2.46. The van der Waals surface area contributed by atoms with E-state index in [0.29, 0.717) is 0 Å². The summed E-state index contributed by atoms with van der Waals surface area (Å²) in [5, 5.41) is 3.00. The standard InChI is InChI=1S/C25H22N2O3S/c1-30-19-11-6-16(7-12-19)14-24(28)26-17-8-13-21-23(15-17)31-22-5-3-2-4-20(22)25(29)27(21)18-9-10-18/h2-8,11-13,15,18H,9-10,14H2,1H3,(H,26,28). The van der Waals surface area contributed by atoms with Crippen LogP contribution in [-0.4, -0.2) is 25.0 Å². The van der Waals surface area contributed by atoms with Crippen LogP contribution in [0.4, 0.5) is 11.4 Å². The lowest BCUT2D eigenvalue weighted by molar-refractivity contribution is -0.115. The van der Waals surface area contributed by atoms with Crippen LogP contribution < -0.4 is 15.0 Å². The van der Waals surface area contributed by atoms with Gasteiger partial charge in [0, 0.05) is 21.5 Å². The Morgan fingerprint density at radius 2 is 1.84 bits per heavy atom. The smallest absolute Gasteiger partial charge is 0.259 e. The molecule has 0 aromatic heterocycles. The molecule has 0 bridgehead atoms. The molecule has 3 aromatic rings. The second-order valence-corrected chi connectivity index (χ2v) is 8.84. The summed E-state index contributed by atoms with van der Waals surface area (Å²) < 4.78 is 5.16. The van der Waals surface area contributed by atoms with Gasteiger partial charge >= 0.3 is 0 Å². The Morgan fingerprint density at radius 1 is 1.06 bits per heavy atom. The summed E-state index contributed by atoms with van der Waals surface area (Å²) in [4.78, 5) is 29.7. The fourth-order valence-electron chi connectivity index (χ4n) is 3.79. The summed E-state index contributed by atoms with van der Waals surface area (Å²) >= 11 is 1.58. The third-order valence-electron chi connectivity index (χ3n) is 5.50. The molecule has 1 N–H and O–H groups in total. The van der Waals surface area contributed by atoms with Crippen molar-refractivity contribution in [3.63, 3.8) is 0 Å². The molecule has 0 radical (unpaired) electrons. The van der Waals surface area contributed by atoms with Crippen molar-refractivity contribution in [3.8, 4) is 5.75 Å². The minimum Gasteiger partial charge on any atom is -0.497 e. The number of carbonyl (C=O) groups excluding carboxylic acids is 2. The van der Waals surface area contributed by atoms with Crippen LogP contribution in [0.3, 0.4) is 0 Å². The number of amides is 2. The van der Waals surface area contributed by atoms with Gasteiger partial charge in [-0.3, -0.25) is 9.59 Å². The van der Waals surface area contributed by atoms with Crippen molar-refractivity contribution in [1.29, 1.82) is 0 Å². The molecule has 0 spiro atoms. The summed E-state index contributed by atoms with van der Waals surface area (Å²) in [6.07, 6.45) is 2.33. The van der Waals surface area contributed by atoms with Crippen molar-refractivity contribution in [1.82, 2.24) is 0 Å². The molecular formula is C25H22N2O3S. The summed E-state index contributed by atoms with van der Waals surface area (Å²) in [7, 11) is 1.62. The molecule has 0 unspecified atom stereocenters. The van der Waals surface area contributed by atoms with E-state index in [1.54, 1.807) is 18.9 Å². The zero-order chi connectivity index (χ0) is 21.4. The number of nitrogens with zero attached hydrogens (tertiary/aromatic N) is 1. The highest BCUT2D eigenvalue weighted by molar-refractivity contribution is 7.99. The molecule has 31 heavy (non-hydrogen) atoms. The fraction of sp³-hybridized carbons (Fsp3) is 0.200. The Kier molecular flexibility index (Phi) is 5.16. The van der Waals surface area contributed by atoms with Gasteiger partial charge in [-0.2, -0.15) is 0 Å². The summed E-state index contributed by atoms with van der Waals surface area (Å²) in [6, 6.07) is 21.3. The molecule has 6 heteroatoms. The maximum absolute atomic E-state index is 13.2. The molecule has 5 nitrogen and oxygen atoms in total. The number of benzene rings is 3. The minimum atomic E-state index is -0.0840. The largest absolute Gasteiger partial charge is 0.497 e. The molecule has 1 aliphatic carbocycles. The van der Waals surface area contributed by atoms with Gasteiger partial charge in [-0.1, -0.05) is 36.0 Å². The van der Waals surface area contributed by atoms with Crippen LogP contribution in [0.25, 0.3) is 0 Å². The quantitative estimate of drug-likeness (QED) is 0.608. The lowest BCUT2D eigenvalue weighted by atomic mass is 10.1. The summed E-state index contributed by atoms with van der Waals surface area (Å²) in [5.74, 6) is 0.738. The molecular weight excluding hydrogens is 408 g/mol. The van der Waals surface area contributed by atoms with Crippen molar-refractivity contribution in [2.45, 2.75) is 35.1 Å². The van der Waals surface area contributed by atoms with Crippen LogP contribution in [0.1, 0.15) is 28.8 Å². The average Bonchev–Trinajstić information content (AvgIpc) is 3.61. The Labute approximate surface area is 185 Å². The maximum Gasteiger partial charge on any atom is 0.259 e. The Bertz CT molecular complexity index is 1160. The number of methoxy groups -OCH3 is 1. The lowest BCUT2D eigenvalue weighted by Gasteiger charge is -2.23. The average molecular weight is 431 g/mol. The first kappa shape index (κ1) is 19.7. The molecule has 1 aliphatic heterocycles. The van der Waals surface area contributed by atoms with Crippen molar-refractivity contribution in [2.24, 2.45) is 0 Å². The fourth-order valence-corrected chi connectivity index (χ4v) is 4.90. The van der Waals surface area contributed by atoms with Gasteiger partial charge in [0.2, 0.25) is 5.91 Å². The zero-order valence-corrected chi connectivity index (χ0v) is 17.9. The molecule has 1 fully saturated rings. The van der Waals surface area contributed by atoms with Gasteiger partial charge < -0.3 is 15.0 Å². The molecule has 156 valence electrons. The zero-order valence-electron chi connectivity index (χ0n) is 17.1. The number of rotatable bonds is 5. The van der Waals surface area contributed by atoms with E-state index in [4.69, 9.17) is 4.74 Å². The van der Waals surface area contributed by atoms with Gasteiger partial charge in [0.05, 0.1) is 24.8 Å². The number of hydrogen-bond donors (Lipinski definition) is 1. The molecule has 2 amide bonds. The summed E-state index contributed by atoms with van der Waals surface area (Å²) in [6.45, 7) is 0. The second kappa shape index (κ2) is 8.12.